The Kier molecular flexibility index (Phi) is 4.88. The second-order valence-electron chi connectivity index (χ2n) is 5.49. The van der Waals surface area contributed by atoms with E-state index >= 15 is 0 Å². The topological polar surface area (TPSA) is 68.3 Å². The molecule has 1 fully saturated rings. The van der Waals surface area contributed by atoms with Crippen LogP contribution >= 0.6 is 0 Å². The molecule has 1 saturated carbocycles. The van der Waals surface area contributed by atoms with Gasteiger partial charge in [-0.15, -0.1) is 0 Å². The van der Waals surface area contributed by atoms with Gasteiger partial charge in [0, 0.05) is 11.6 Å². The van der Waals surface area contributed by atoms with Gasteiger partial charge in [0.25, 0.3) is 0 Å². The van der Waals surface area contributed by atoms with E-state index in [1.54, 1.807) is 13.2 Å². The molecule has 1 aliphatic carbocycles. The highest BCUT2D eigenvalue weighted by Gasteiger charge is 2.22. The smallest absolute Gasteiger partial charge is 0.124 e. The summed E-state index contributed by atoms with van der Waals surface area (Å²) in [6.07, 6.45) is 6.24. The van der Waals surface area contributed by atoms with Crippen LogP contribution in [-0.2, 0) is 0 Å². The maximum absolute atomic E-state index is 7.55. The van der Waals surface area contributed by atoms with E-state index in [4.69, 9.17) is 20.6 Å². The van der Waals surface area contributed by atoms with Gasteiger partial charge in [-0.1, -0.05) is 19.8 Å². The predicted octanol–water partition coefficient (Wildman–Crippen LogP) is 3.33. The molecule has 0 bridgehead atoms. The molecule has 3 N–H and O–H groups in total. The Morgan fingerprint density at radius 3 is 2.70 bits per heavy atom. The number of nitrogens with two attached hydrogens (primary N) is 1. The van der Waals surface area contributed by atoms with Crippen molar-refractivity contribution in [2.24, 2.45) is 11.7 Å². The van der Waals surface area contributed by atoms with Crippen molar-refractivity contribution in [3.8, 4) is 11.5 Å². The summed E-state index contributed by atoms with van der Waals surface area (Å²) in [5.41, 5.74) is 6.20. The molecule has 2 unspecified atom stereocenters. The molecular formula is C16H24N2O2. The van der Waals surface area contributed by atoms with Gasteiger partial charge in [-0.25, -0.2) is 0 Å². The number of nitrogens with one attached hydrogen (secondary N) is 1. The molecule has 1 aromatic carbocycles. The van der Waals surface area contributed by atoms with Crippen LogP contribution in [0.4, 0.5) is 0 Å². The number of benzene rings is 1. The van der Waals surface area contributed by atoms with Gasteiger partial charge in [-0.3, -0.25) is 5.41 Å². The number of ether oxygens (including phenoxy) is 2. The zero-order valence-electron chi connectivity index (χ0n) is 12.3. The largest absolute Gasteiger partial charge is 0.497 e. The summed E-state index contributed by atoms with van der Waals surface area (Å²) in [4.78, 5) is 0. The Hall–Kier alpha value is -1.71. The Morgan fingerprint density at radius 2 is 2.05 bits per heavy atom. The summed E-state index contributed by atoms with van der Waals surface area (Å²) in [6.45, 7) is 2.24. The lowest BCUT2D eigenvalue weighted by Gasteiger charge is -2.29. The van der Waals surface area contributed by atoms with Crippen molar-refractivity contribution >= 4 is 5.84 Å². The molecule has 1 aromatic rings. The number of nitrogen functional groups attached to an aromatic ring is 1. The fourth-order valence-corrected chi connectivity index (χ4v) is 2.83. The van der Waals surface area contributed by atoms with E-state index in [0.717, 1.165) is 24.5 Å². The predicted molar refractivity (Wildman–Crippen MR) is 80.7 cm³/mol. The van der Waals surface area contributed by atoms with Gasteiger partial charge >= 0.3 is 0 Å². The van der Waals surface area contributed by atoms with Crippen LogP contribution in [0.25, 0.3) is 0 Å². The summed E-state index contributed by atoms with van der Waals surface area (Å²) in [5.74, 6) is 2.22. The van der Waals surface area contributed by atoms with Gasteiger partial charge in [0.1, 0.15) is 17.3 Å². The molecule has 110 valence electrons. The van der Waals surface area contributed by atoms with E-state index in [1.807, 2.05) is 12.1 Å². The molecule has 0 amide bonds. The molecular weight excluding hydrogens is 252 g/mol. The van der Waals surface area contributed by atoms with Crippen molar-refractivity contribution in [3.05, 3.63) is 23.8 Å². The molecule has 0 saturated heterocycles. The lowest BCUT2D eigenvalue weighted by molar-refractivity contribution is 0.122. The van der Waals surface area contributed by atoms with Crippen LogP contribution in [-0.4, -0.2) is 19.0 Å². The number of methoxy groups -OCH3 is 1. The number of hydrogen-bond acceptors (Lipinski definition) is 3. The normalized spacial score (nSPS) is 22.3. The van der Waals surface area contributed by atoms with E-state index in [1.165, 1.54) is 19.3 Å². The quantitative estimate of drug-likeness (QED) is 0.640. The van der Waals surface area contributed by atoms with Crippen LogP contribution in [0.1, 0.15) is 44.6 Å². The summed E-state index contributed by atoms with van der Waals surface area (Å²) in [6, 6.07) is 5.44. The first-order valence-electron chi connectivity index (χ1n) is 7.32. The van der Waals surface area contributed by atoms with Gasteiger partial charge in [0.2, 0.25) is 0 Å². The first-order chi connectivity index (χ1) is 9.62. The summed E-state index contributed by atoms with van der Waals surface area (Å²) in [5, 5.41) is 7.55. The van der Waals surface area contributed by atoms with Gasteiger partial charge < -0.3 is 15.2 Å². The molecule has 0 spiro atoms. The van der Waals surface area contributed by atoms with Crippen LogP contribution in [0.2, 0.25) is 0 Å². The second-order valence-corrected chi connectivity index (χ2v) is 5.49. The van der Waals surface area contributed by atoms with Crippen molar-refractivity contribution in [3.63, 3.8) is 0 Å². The Labute approximate surface area is 120 Å². The van der Waals surface area contributed by atoms with Crippen LogP contribution < -0.4 is 15.2 Å². The molecule has 0 aliphatic heterocycles. The molecule has 0 heterocycles. The highest BCUT2D eigenvalue weighted by Crippen LogP contribution is 2.31. The second kappa shape index (κ2) is 6.64. The SMILES string of the molecule is CCC1CCCC(Oc2cc(OC)cc(C(=N)N)c2)C1. The standard InChI is InChI=1S/C16H24N2O2/c1-3-11-5-4-6-13(7-11)20-15-9-12(16(17)18)8-14(10-15)19-2/h8-11,13H,3-7H2,1-2H3,(H3,17,18). The van der Waals surface area contributed by atoms with Gasteiger partial charge in [0.15, 0.2) is 0 Å². The first-order valence-corrected chi connectivity index (χ1v) is 7.32. The molecule has 0 aromatic heterocycles. The number of rotatable bonds is 5. The van der Waals surface area contributed by atoms with E-state index in [2.05, 4.69) is 6.92 Å². The van der Waals surface area contributed by atoms with Crippen molar-refractivity contribution in [2.45, 2.75) is 45.1 Å². The maximum Gasteiger partial charge on any atom is 0.124 e. The fourth-order valence-electron chi connectivity index (χ4n) is 2.83. The molecule has 2 rings (SSSR count). The molecule has 2 atom stereocenters. The minimum Gasteiger partial charge on any atom is -0.497 e. The van der Waals surface area contributed by atoms with E-state index < -0.39 is 0 Å². The van der Waals surface area contributed by atoms with Crippen LogP contribution in [0.3, 0.4) is 0 Å². The van der Waals surface area contributed by atoms with Crippen LogP contribution in [0.5, 0.6) is 11.5 Å². The zero-order valence-corrected chi connectivity index (χ0v) is 12.3. The van der Waals surface area contributed by atoms with Gasteiger partial charge in [0.05, 0.1) is 13.2 Å². The highest BCUT2D eigenvalue weighted by atomic mass is 16.5. The molecule has 4 nitrogen and oxygen atoms in total. The van der Waals surface area contributed by atoms with E-state index in [9.17, 15) is 0 Å². The van der Waals surface area contributed by atoms with E-state index in [-0.39, 0.29) is 11.9 Å². The molecule has 20 heavy (non-hydrogen) atoms. The third-order valence-electron chi connectivity index (χ3n) is 4.04. The lowest BCUT2D eigenvalue weighted by atomic mass is 9.85. The van der Waals surface area contributed by atoms with Crippen molar-refractivity contribution < 1.29 is 9.47 Å². The monoisotopic (exact) mass is 276 g/mol. The zero-order chi connectivity index (χ0) is 14.5. The third kappa shape index (κ3) is 3.65. The van der Waals surface area contributed by atoms with Crippen LogP contribution in [0.15, 0.2) is 18.2 Å². The minimum atomic E-state index is 0.0313. The van der Waals surface area contributed by atoms with E-state index in [0.29, 0.717) is 11.3 Å². The Bertz CT molecular complexity index is 474. The van der Waals surface area contributed by atoms with Crippen molar-refractivity contribution in [1.82, 2.24) is 0 Å². The Morgan fingerprint density at radius 1 is 1.30 bits per heavy atom. The fraction of sp³-hybridized carbons (Fsp3) is 0.562. The Balaban J connectivity index is 2.11. The average molecular weight is 276 g/mol. The minimum absolute atomic E-state index is 0.0313. The first kappa shape index (κ1) is 14.7. The molecule has 0 radical (unpaired) electrons. The number of hydrogen-bond donors (Lipinski definition) is 2. The maximum atomic E-state index is 7.55. The average Bonchev–Trinajstić information content (AvgIpc) is 2.47. The molecule has 4 heteroatoms. The highest BCUT2D eigenvalue weighted by molar-refractivity contribution is 5.95. The third-order valence-corrected chi connectivity index (χ3v) is 4.04. The summed E-state index contributed by atoms with van der Waals surface area (Å²) < 4.78 is 11.3. The summed E-state index contributed by atoms with van der Waals surface area (Å²) in [7, 11) is 1.61. The lowest BCUT2D eigenvalue weighted by Crippen LogP contribution is -2.25. The van der Waals surface area contributed by atoms with Gasteiger partial charge in [-0.2, -0.15) is 0 Å². The van der Waals surface area contributed by atoms with Gasteiger partial charge in [-0.05, 0) is 37.3 Å². The summed E-state index contributed by atoms with van der Waals surface area (Å²) >= 11 is 0. The van der Waals surface area contributed by atoms with Crippen molar-refractivity contribution in [2.75, 3.05) is 7.11 Å². The number of amidine groups is 1. The molecule has 1 aliphatic rings. The van der Waals surface area contributed by atoms with Crippen molar-refractivity contribution in [1.29, 1.82) is 5.41 Å². The van der Waals surface area contributed by atoms with Crippen LogP contribution in [0, 0.1) is 11.3 Å².